The Morgan fingerprint density at radius 3 is 3.03 bits per heavy atom. The van der Waals surface area contributed by atoms with E-state index in [1.54, 1.807) is 30.7 Å². The van der Waals surface area contributed by atoms with E-state index in [2.05, 4.69) is 20.4 Å². The van der Waals surface area contributed by atoms with E-state index in [1.807, 2.05) is 23.7 Å². The summed E-state index contributed by atoms with van der Waals surface area (Å²) in [6, 6.07) is 9.76. The van der Waals surface area contributed by atoms with E-state index < -0.39 is 0 Å². The Kier molecular flexibility index (Phi) is 5.45. The first-order valence-electron chi connectivity index (χ1n) is 10.8. The number of benzene rings is 1. The molecule has 2 atom stereocenters. The summed E-state index contributed by atoms with van der Waals surface area (Å²) in [4.78, 5) is 20.6. The Morgan fingerprint density at radius 1 is 1.31 bits per heavy atom. The SMILES string of the molecule is C[C@H](NC(=O)c1c[nH]c2ncc(-c3ccnn3C3CCCCO3)cc12)c1cccc(F)c1. The third-order valence-electron chi connectivity index (χ3n) is 5.87. The fourth-order valence-electron chi connectivity index (χ4n) is 4.15. The molecule has 0 radical (unpaired) electrons. The molecule has 1 amide bonds. The van der Waals surface area contributed by atoms with Gasteiger partial charge in [0.25, 0.3) is 5.91 Å². The van der Waals surface area contributed by atoms with Crippen LogP contribution in [0.5, 0.6) is 0 Å². The maximum atomic E-state index is 13.6. The van der Waals surface area contributed by atoms with Gasteiger partial charge in [-0.2, -0.15) is 5.10 Å². The molecule has 1 aliphatic heterocycles. The lowest BCUT2D eigenvalue weighted by molar-refractivity contribution is -0.0383. The topological polar surface area (TPSA) is 84.8 Å². The van der Waals surface area contributed by atoms with Crippen LogP contribution in [0, 0.1) is 5.82 Å². The molecular weight excluding hydrogens is 409 g/mol. The number of ether oxygens (including phenoxy) is 1. The summed E-state index contributed by atoms with van der Waals surface area (Å²) < 4.78 is 21.3. The van der Waals surface area contributed by atoms with E-state index >= 15 is 0 Å². The predicted molar refractivity (Wildman–Crippen MR) is 118 cm³/mol. The van der Waals surface area contributed by atoms with Gasteiger partial charge in [-0.05, 0) is 56.0 Å². The summed E-state index contributed by atoms with van der Waals surface area (Å²) in [5.74, 6) is -0.584. The van der Waals surface area contributed by atoms with Crippen LogP contribution in [0.2, 0.25) is 0 Å². The fraction of sp³-hybridized carbons (Fsp3) is 0.292. The summed E-state index contributed by atoms with van der Waals surface area (Å²) >= 11 is 0. The van der Waals surface area contributed by atoms with Crippen molar-refractivity contribution in [1.82, 2.24) is 25.1 Å². The minimum atomic E-state index is -0.343. The van der Waals surface area contributed by atoms with Crippen LogP contribution in [0.25, 0.3) is 22.3 Å². The van der Waals surface area contributed by atoms with Crippen molar-refractivity contribution in [1.29, 1.82) is 0 Å². The zero-order chi connectivity index (χ0) is 22.1. The van der Waals surface area contributed by atoms with Crippen LogP contribution in [0.15, 0.2) is 55.0 Å². The van der Waals surface area contributed by atoms with Crippen molar-refractivity contribution < 1.29 is 13.9 Å². The molecule has 0 aliphatic carbocycles. The van der Waals surface area contributed by atoms with Gasteiger partial charge in [-0.3, -0.25) is 4.79 Å². The molecule has 1 saturated heterocycles. The fourth-order valence-corrected chi connectivity index (χ4v) is 4.15. The number of halogens is 1. The molecule has 1 aliphatic rings. The molecular formula is C24H24FN5O2. The quantitative estimate of drug-likeness (QED) is 0.475. The van der Waals surface area contributed by atoms with Crippen LogP contribution < -0.4 is 5.32 Å². The first-order chi connectivity index (χ1) is 15.6. The van der Waals surface area contributed by atoms with Crippen molar-refractivity contribution in [3.8, 4) is 11.3 Å². The van der Waals surface area contributed by atoms with Gasteiger partial charge in [-0.25, -0.2) is 14.1 Å². The van der Waals surface area contributed by atoms with Gasteiger partial charge < -0.3 is 15.0 Å². The lowest BCUT2D eigenvalue weighted by Crippen LogP contribution is -2.26. The molecule has 32 heavy (non-hydrogen) atoms. The Hall–Kier alpha value is -3.52. The first-order valence-corrected chi connectivity index (χ1v) is 10.8. The molecule has 0 saturated carbocycles. The second kappa shape index (κ2) is 8.55. The highest BCUT2D eigenvalue weighted by atomic mass is 19.1. The lowest BCUT2D eigenvalue weighted by Gasteiger charge is -2.24. The zero-order valence-electron chi connectivity index (χ0n) is 17.7. The standard InChI is InChI=1S/C24H24FN5O2/c1-15(16-5-4-6-18(25)11-16)29-24(31)20-14-27-23-19(20)12-17(13-26-23)21-8-9-28-30(21)22-7-2-3-10-32-22/h4-6,8-9,11-15,22H,2-3,7,10H2,1H3,(H,26,27)(H,29,31)/t15-,22?/m0/s1. The second-order valence-corrected chi connectivity index (χ2v) is 8.05. The van der Waals surface area contributed by atoms with Crippen LogP contribution >= 0.6 is 0 Å². The normalized spacial score (nSPS) is 17.4. The molecule has 4 heterocycles. The van der Waals surface area contributed by atoms with E-state index in [0.717, 1.165) is 37.1 Å². The Morgan fingerprint density at radius 2 is 2.22 bits per heavy atom. The van der Waals surface area contributed by atoms with Gasteiger partial charge in [-0.15, -0.1) is 0 Å². The Bertz CT molecular complexity index is 1260. The zero-order valence-corrected chi connectivity index (χ0v) is 17.7. The molecule has 0 bridgehead atoms. The minimum absolute atomic E-state index is 0.0921. The number of carbonyl (C=O) groups excluding carboxylic acids is 1. The summed E-state index contributed by atoms with van der Waals surface area (Å²) in [6.07, 6.45) is 8.17. The number of aromatic amines is 1. The highest BCUT2D eigenvalue weighted by Crippen LogP contribution is 2.30. The number of hydrogen-bond acceptors (Lipinski definition) is 4. The second-order valence-electron chi connectivity index (χ2n) is 8.05. The molecule has 5 rings (SSSR count). The van der Waals surface area contributed by atoms with Crippen molar-refractivity contribution in [2.75, 3.05) is 6.61 Å². The van der Waals surface area contributed by atoms with E-state index in [0.29, 0.717) is 22.2 Å². The lowest BCUT2D eigenvalue weighted by atomic mass is 10.1. The maximum absolute atomic E-state index is 13.6. The average Bonchev–Trinajstić information content (AvgIpc) is 3.46. The third-order valence-corrected chi connectivity index (χ3v) is 5.87. The van der Waals surface area contributed by atoms with Crippen molar-refractivity contribution in [2.24, 2.45) is 0 Å². The van der Waals surface area contributed by atoms with E-state index in [-0.39, 0.29) is 24.0 Å². The monoisotopic (exact) mass is 433 g/mol. The highest BCUT2D eigenvalue weighted by molar-refractivity contribution is 6.06. The summed E-state index contributed by atoms with van der Waals surface area (Å²) in [5, 5.41) is 8.12. The first kappa shape index (κ1) is 20.4. The highest BCUT2D eigenvalue weighted by Gasteiger charge is 2.21. The van der Waals surface area contributed by atoms with Crippen molar-refractivity contribution >= 4 is 16.9 Å². The molecule has 8 heteroatoms. The van der Waals surface area contributed by atoms with Crippen molar-refractivity contribution in [2.45, 2.75) is 38.5 Å². The molecule has 164 valence electrons. The molecule has 2 N–H and O–H groups in total. The summed E-state index contributed by atoms with van der Waals surface area (Å²) in [6.45, 7) is 2.56. The van der Waals surface area contributed by atoms with Gasteiger partial charge >= 0.3 is 0 Å². The number of nitrogens with one attached hydrogen (secondary N) is 2. The molecule has 0 spiro atoms. The van der Waals surface area contributed by atoms with Crippen molar-refractivity contribution in [3.05, 3.63) is 71.9 Å². The number of pyridine rings is 1. The third kappa shape index (κ3) is 3.89. The molecule has 1 fully saturated rings. The number of carbonyl (C=O) groups is 1. The van der Waals surface area contributed by atoms with Crippen LogP contribution in [-0.4, -0.2) is 32.3 Å². The van der Waals surface area contributed by atoms with Gasteiger partial charge in [0, 0.05) is 36.1 Å². The molecule has 7 nitrogen and oxygen atoms in total. The number of aromatic nitrogens is 4. The number of fused-ring (bicyclic) bond motifs is 1. The van der Waals surface area contributed by atoms with E-state index in [9.17, 15) is 9.18 Å². The number of hydrogen-bond donors (Lipinski definition) is 2. The smallest absolute Gasteiger partial charge is 0.253 e. The minimum Gasteiger partial charge on any atom is -0.356 e. The maximum Gasteiger partial charge on any atom is 0.253 e. The summed E-state index contributed by atoms with van der Waals surface area (Å²) in [7, 11) is 0. The van der Waals surface area contributed by atoms with Crippen LogP contribution in [0.1, 0.15) is 54.4 Å². The van der Waals surface area contributed by atoms with Gasteiger partial charge in [0.2, 0.25) is 0 Å². The van der Waals surface area contributed by atoms with Gasteiger partial charge in [0.1, 0.15) is 11.5 Å². The van der Waals surface area contributed by atoms with E-state index in [4.69, 9.17) is 4.74 Å². The van der Waals surface area contributed by atoms with Crippen molar-refractivity contribution in [3.63, 3.8) is 0 Å². The Labute approximate surface area is 184 Å². The van der Waals surface area contributed by atoms with Crippen LogP contribution in [-0.2, 0) is 4.74 Å². The van der Waals surface area contributed by atoms with Gasteiger partial charge in [-0.1, -0.05) is 12.1 Å². The molecule has 3 aromatic heterocycles. The molecule has 4 aromatic rings. The number of amides is 1. The number of nitrogens with zero attached hydrogens (tertiary/aromatic N) is 3. The van der Waals surface area contributed by atoms with Crippen LogP contribution in [0.3, 0.4) is 0 Å². The van der Waals surface area contributed by atoms with Gasteiger partial charge in [0.15, 0.2) is 6.23 Å². The predicted octanol–water partition coefficient (Wildman–Crippen LogP) is 4.76. The average molecular weight is 433 g/mol. The van der Waals surface area contributed by atoms with E-state index in [1.165, 1.54) is 12.1 Å². The Balaban J connectivity index is 1.43. The van der Waals surface area contributed by atoms with Gasteiger partial charge in [0.05, 0.1) is 17.3 Å². The molecule has 1 aromatic carbocycles. The number of H-pyrrole nitrogens is 1. The van der Waals surface area contributed by atoms with Crippen LogP contribution in [0.4, 0.5) is 4.39 Å². The summed E-state index contributed by atoms with van der Waals surface area (Å²) in [5.41, 5.74) is 3.56. The molecule has 1 unspecified atom stereocenters. The largest absolute Gasteiger partial charge is 0.356 e. The number of rotatable bonds is 5.